The van der Waals surface area contributed by atoms with Gasteiger partial charge in [-0.15, -0.1) is 0 Å². The number of hydrogen-bond donors (Lipinski definition) is 4. The summed E-state index contributed by atoms with van der Waals surface area (Å²) in [6, 6.07) is 14.4. The quantitative estimate of drug-likeness (QED) is 0.312. The maximum atomic E-state index is 12.8. The lowest BCUT2D eigenvalue weighted by Gasteiger charge is -2.29. The minimum atomic E-state index is -3.35. The molecular weight excluding hydrogens is 464 g/mol. The zero-order chi connectivity index (χ0) is 24.6. The molecule has 1 aliphatic rings. The summed E-state index contributed by atoms with van der Waals surface area (Å²) in [7, 11) is -3.35. The van der Waals surface area contributed by atoms with Crippen LogP contribution in [0.1, 0.15) is 24.2 Å². The predicted octanol–water partition coefficient (Wildman–Crippen LogP) is 3.44. The molecule has 9 nitrogen and oxygen atoms in total. The van der Waals surface area contributed by atoms with Crippen LogP contribution in [0.4, 0.5) is 11.4 Å². The highest BCUT2D eigenvalue weighted by Crippen LogP contribution is 2.26. The van der Waals surface area contributed by atoms with Crippen molar-refractivity contribution >= 4 is 38.3 Å². The first-order chi connectivity index (χ1) is 16.8. The summed E-state index contributed by atoms with van der Waals surface area (Å²) in [6.45, 7) is 5.19. The van der Waals surface area contributed by atoms with Crippen molar-refractivity contribution in [3.8, 4) is 11.3 Å². The van der Waals surface area contributed by atoms with Gasteiger partial charge in [0.05, 0.1) is 33.8 Å². The van der Waals surface area contributed by atoms with E-state index >= 15 is 0 Å². The van der Waals surface area contributed by atoms with E-state index in [1.807, 2.05) is 12.1 Å². The first-order valence-electron chi connectivity index (χ1n) is 11.4. The third kappa shape index (κ3) is 4.62. The van der Waals surface area contributed by atoms with Gasteiger partial charge in [0, 0.05) is 36.1 Å². The van der Waals surface area contributed by atoms with Crippen LogP contribution < -0.4 is 16.0 Å². The third-order valence-corrected chi connectivity index (χ3v) is 8.20. The fraction of sp³-hybridized carbons (Fsp3) is 0.240. The van der Waals surface area contributed by atoms with Gasteiger partial charge in [-0.3, -0.25) is 4.79 Å². The van der Waals surface area contributed by atoms with Crippen LogP contribution in [0.5, 0.6) is 0 Å². The summed E-state index contributed by atoms with van der Waals surface area (Å²) in [6.07, 6.45) is 3.27. The van der Waals surface area contributed by atoms with Gasteiger partial charge in [0.1, 0.15) is 5.52 Å². The second kappa shape index (κ2) is 9.12. The second-order valence-corrected chi connectivity index (χ2v) is 11.3. The predicted molar refractivity (Wildman–Crippen MR) is 136 cm³/mol. The molecule has 4 aromatic rings. The van der Waals surface area contributed by atoms with Crippen molar-refractivity contribution < 1.29 is 13.2 Å². The Balaban J connectivity index is 1.35. The summed E-state index contributed by atoms with van der Waals surface area (Å²) in [5.74, 6) is -0.252. The van der Waals surface area contributed by atoms with Crippen molar-refractivity contribution in [3.63, 3.8) is 0 Å². The maximum absolute atomic E-state index is 12.8. The van der Waals surface area contributed by atoms with Crippen LogP contribution in [0.25, 0.3) is 22.4 Å². The maximum Gasteiger partial charge on any atom is 0.255 e. The van der Waals surface area contributed by atoms with Crippen LogP contribution in [0.2, 0.25) is 0 Å². The number of benzene rings is 2. The number of nitrogens with zero attached hydrogens (tertiary/aromatic N) is 2. The standard InChI is InChI=1S/C25H26N6O3S/c1-15(2)35(33,34)20-9-5-16(6-10-20)21-13-27-24-23(30-21)22(14-28-24)31-25(32)17-3-7-18(8-4-17)29-19-11-26-12-19/h3-10,13-15,19,26,29H,11-12H2,1-2H3,(H,27,28)(H,31,32). The molecule has 4 N–H and O–H groups in total. The second-order valence-electron chi connectivity index (χ2n) is 8.80. The summed E-state index contributed by atoms with van der Waals surface area (Å²) in [5, 5.41) is 9.02. The van der Waals surface area contributed by atoms with Crippen LogP contribution >= 0.6 is 0 Å². The fourth-order valence-corrected chi connectivity index (χ4v) is 4.81. The molecule has 0 spiro atoms. The number of aromatic amines is 1. The number of fused-ring (bicyclic) bond motifs is 1. The summed E-state index contributed by atoms with van der Waals surface area (Å²) >= 11 is 0. The van der Waals surface area contributed by atoms with E-state index in [0.29, 0.717) is 34.2 Å². The number of carbonyl (C=O) groups excluding carboxylic acids is 1. The highest BCUT2D eigenvalue weighted by molar-refractivity contribution is 7.92. The summed E-state index contributed by atoms with van der Waals surface area (Å²) in [4.78, 5) is 25.2. The van der Waals surface area contributed by atoms with Crippen LogP contribution in [-0.2, 0) is 9.84 Å². The number of hydrogen-bond acceptors (Lipinski definition) is 7. The summed E-state index contributed by atoms with van der Waals surface area (Å²) in [5.41, 5.74) is 4.38. The fourth-order valence-electron chi connectivity index (χ4n) is 3.75. The average Bonchev–Trinajstić information content (AvgIpc) is 3.23. The van der Waals surface area contributed by atoms with Crippen molar-refractivity contribution in [1.29, 1.82) is 0 Å². The molecular formula is C25H26N6O3S. The highest BCUT2D eigenvalue weighted by atomic mass is 32.2. The lowest BCUT2D eigenvalue weighted by atomic mass is 10.1. The normalized spacial score (nSPS) is 14.1. The third-order valence-electron chi connectivity index (χ3n) is 6.03. The Hall–Kier alpha value is -3.76. The van der Waals surface area contributed by atoms with E-state index in [2.05, 4.69) is 30.9 Å². The van der Waals surface area contributed by atoms with Gasteiger partial charge >= 0.3 is 0 Å². The molecule has 1 amide bonds. The van der Waals surface area contributed by atoms with Crippen molar-refractivity contribution in [2.45, 2.75) is 30.0 Å². The molecule has 1 saturated heterocycles. The van der Waals surface area contributed by atoms with Crippen LogP contribution in [0.3, 0.4) is 0 Å². The van der Waals surface area contributed by atoms with Gasteiger partial charge in [0.25, 0.3) is 5.91 Å². The Bertz CT molecular complexity index is 1470. The van der Waals surface area contributed by atoms with Crippen molar-refractivity contribution in [3.05, 3.63) is 66.5 Å². The Kier molecular flexibility index (Phi) is 6.00. The Morgan fingerprint density at radius 1 is 1.06 bits per heavy atom. The minimum absolute atomic E-state index is 0.252. The van der Waals surface area contributed by atoms with Gasteiger partial charge in [-0.2, -0.15) is 0 Å². The smallest absolute Gasteiger partial charge is 0.255 e. The number of rotatable bonds is 7. The average molecular weight is 491 g/mol. The van der Waals surface area contributed by atoms with Crippen LogP contribution in [0, 0.1) is 0 Å². The van der Waals surface area contributed by atoms with Gasteiger partial charge in [0.2, 0.25) is 0 Å². The molecule has 0 unspecified atom stereocenters. The highest BCUT2D eigenvalue weighted by Gasteiger charge is 2.20. The SMILES string of the molecule is CC(C)S(=O)(=O)c1ccc(-c2cnc3[nH]cc(NC(=O)c4ccc(NC5CNC5)cc4)c3n2)cc1. The molecule has 0 saturated carbocycles. The molecule has 1 aliphatic heterocycles. The minimum Gasteiger partial charge on any atom is -0.380 e. The Labute approximate surface area is 203 Å². The number of anilines is 2. The topological polar surface area (TPSA) is 129 Å². The van der Waals surface area contributed by atoms with E-state index in [4.69, 9.17) is 0 Å². The number of sulfone groups is 1. The first-order valence-corrected chi connectivity index (χ1v) is 12.9. The van der Waals surface area contributed by atoms with Crippen LogP contribution in [-0.4, -0.2) is 53.7 Å². The monoisotopic (exact) mass is 490 g/mol. The van der Waals surface area contributed by atoms with Crippen LogP contribution in [0.15, 0.2) is 65.8 Å². The van der Waals surface area contributed by atoms with Gasteiger partial charge in [-0.25, -0.2) is 18.4 Å². The zero-order valence-corrected chi connectivity index (χ0v) is 20.2. The van der Waals surface area contributed by atoms with Gasteiger partial charge in [-0.05, 0) is 50.2 Å². The van der Waals surface area contributed by atoms with E-state index in [1.54, 1.807) is 62.6 Å². The lowest BCUT2D eigenvalue weighted by Crippen LogP contribution is -2.51. The largest absolute Gasteiger partial charge is 0.380 e. The number of nitrogens with one attached hydrogen (secondary N) is 4. The van der Waals surface area contributed by atoms with E-state index in [1.165, 1.54) is 0 Å². The Morgan fingerprint density at radius 2 is 1.77 bits per heavy atom. The van der Waals surface area contributed by atoms with E-state index in [9.17, 15) is 13.2 Å². The molecule has 1 fully saturated rings. The molecule has 2 aromatic heterocycles. The molecule has 0 aliphatic carbocycles. The molecule has 0 bridgehead atoms. The number of carbonyl (C=O) groups is 1. The first kappa shape index (κ1) is 23.0. The van der Waals surface area contributed by atoms with Crippen molar-refractivity contribution in [2.75, 3.05) is 23.7 Å². The molecule has 35 heavy (non-hydrogen) atoms. The number of amides is 1. The zero-order valence-electron chi connectivity index (χ0n) is 19.4. The molecule has 0 radical (unpaired) electrons. The number of aromatic nitrogens is 3. The Morgan fingerprint density at radius 3 is 2.40 bits per heavy atom. The number of H-pyrrole nitrogens is 1. The molecule has 3 heterocycles. The molecule has 5 rings (SSSR count). The molecule has 10 heteroatoms. The van der Waals surface area contributed by atoms with E-state index in [0.717, 1.165) is 24.3 Å². The summed E-state index contributed by atoms with van der Waals surface area (Å²) < 4.78 is 24.8. The molecule has 180 valence electrons. The molecule has 0 atom stereocenters. The van der Waals surface area contributed by atoms with Gasteiger partial charge in [0.15, 0.2) is 15.5 Å². The van der Waals surface area contributed by atoms with Gasteiger partial charge < -0.3 is 20.9 Å². The van der Waals surface area contributed by atoms with E-state index < -0.39 is 15.1 Å². The van der Waals surface area contributed by atoms with Crippen molar-refractivity contribution in [2.24, 2.45) is 0 Å². The van der Waals surface area contributed by atoms with E-state index in [-0.39, 0.29) is 10.8 Å². The van der Waals surface area contributed by atoms with Crippen molar-refractivity contribution in [1.82, 2.24) is 20.3 Å². The van der Waals surface area contributed by atoms with Gasteiger partial charge in [-0.1, -0.05) is 12.1 Å². The molecule has 2 aromatic carbocycles. The lowest BCUT2D eigenvalue weighted by molar-refractivity contribution is 0.102.